The van der Waals surface area contributed by atoms with E-state index in [2.05, 4.69) is 38.6 Å². The van der Waals surface area contributed by atoms with Gasteiger partial charge in [-0.1, -0.05) is 31.2 Å². The third kappa shape index (κ3) is 2.50. The van der Waals surface area contributed by atoms with E-state index in [0.29, 0.717) is 5.41 Å². The average Bonchev–Trinajstić information content (AvgIpc) is 2.65. The largest absolute Gasteiger partial charge is 0.496 e. The molecule has 1 nitrogen and oxygen atoms in total. The first-order chi connectivity index (χ1) is 12.1. The van der Waals surface area contributed by atoms with Crippen LogP contribution in [0, 0.1) is 17.3 Å². The summed E-state index contributed by atoms with van der Waals surface area (Å²) in [4.78, 5) is 0. The summed E-state index contributed by atoms with van der Waals surface area (Å²) >= 11 is 0. The van der Waals surface area contributed by atoms with Crippen molar-refractivity contribution in [1.82, 2.24) is 0 Å². The lowest BCUT2D eigenvalue weighted by molar-refractivity contribution is 0.0344. The van der Waals surface area contributed by atoms with Crippen LogP contribution in [-0.4, -0.2) is 7.11 Å². The fraction of sp³-hybridized carbons (Fsp3) is 0.583. The molecule has 0 bridgehead atoms. The quantitative estimate of drug-likeness (QED) is 0.558. The molecule has 4 atom stereocenters. The van der Waals surface area contributed by atoms with Gasteiger partial charge in [0, 0.05) is 5.56 Å². The molecule has 0 spiro atoms. The Labute approximate surface area is 153 Å². The summed E-state index contributed by atoms with van der Waals surface area (Å²) in [6.07, 6.45) is 13.8. The van der Waals surface area contributed by atoms with Crippen LogP contribution in [0.4, 0.5) is 0 Å². The van der Waals surface area contributed by atoms with Crippen LogP contribution in [0.2, 0.25) is 0 Å². The second kappa shape index (κ2) is 6.34. The fourth-order valence-electron chi connectivity index (χ4n) is 6.48. The van der Waals surface area contributed by atoms with E-state index in [0.717, 1.165) is 29.1 Å². The minimum atomic E-state index is 0.455. The van der Waals surface area contributed by atoms with Crippen LogP contribution in [0.15, 0.2) is 30.4 Å². The van der Waals surface area contributed by atoms with E-state index in [-0.39, 0.29) is 0 Å². The van der Waals surface area contributed by atoms with Gasteiger partial charge in [-0.2, -0.15) is 0 Å². The maximum atomic E-state index is 5.66. The van der Waals surface area contributed by atoms with E-state index in [1.165, 1.54) is 44.9 Å². The molecule has 1 aromatic rings. The molecule has 0 heterocycles. The number of aryl methyl sites for hydroxylation is 1. The minimum Gasteiger partial charge on any atom is -0.496 e. The first-order valence-corrected chi connectivity index (χ1v) is 10.1. The lowest BCUT2D eigenvalue weighted by atomic mass is 9.49. The molecule has 134 valence electrons. The Balaban J connectivity index is 1.73. The predicted molar refractivity (Wildman–Crippen MR) is 106 cm³/mol. The Hall–Kier alpha value is -1.50. The van der Waals surface area contributed by atoms with Crippen LogP contribution in [0.25, 0.3) is 6.08 Å². The number of fused-ring (bicyclic) bond motifs is 5. The molecule has 0 radical (unpaired) electrons. The first kappa shape index (κ1) is 16.9. The van der Waals surface area contributed by atoms with Gasteiger partial charge in [0.25, 0.3) is 0 Å². The number of ether oxygens (including phenoxy) is 1. The highest BCUT2D eigenvalue weighted by Crippen LogP contribution is 2.61. The lowest BCUT2D eigenvalue weighted by Gasteiger charge is -2.55. The van der Waals surface area contributed by atoms with Gasteiger partial charge in [0.1, 0.15) is 5.75 Å². The van der Waals surface area contributed by atoms with Crippen LogP contribution >= 0.6 is 0 Å². The summed E-state index contributed by atoms with van der Waals surface area (Å²) < 4.78 is 5.66. The number of hydrogen-bond acceptors (Lipinski definition) is 1. The number of allylic oxidation sites excluding steroid dienone is 2. The van der Waals surface area contributed by atoms with Gasteiger partial charge in [-0.05, 0) is 98.3 Å². The standard InChI is InChI=1S/C24H32O/c1-5-16-14-17-10-11-20-19(21(17)15-23(16)25-4)12-13-24(3)18(6-2)8-7-9-22(20)24/h5-6,14-15,19-20,22H,1,7-13H2,2-4H3/b18-6-. The number of methoxy groups -OCH3 is 1. The highest BCUT2D eigenvalue weighted by Gasteiger charge is 2.50. The van der Waals surface area contributed by atoms with Gasteiger partial charge in [-0.25, -0.2) is 0 Å². The average molecular weight is 337 g/mol. The van der Waals surface area contributed by atoms with Gasteiger partial charge in [-0.15, -0.1) is 0 Å². The third-order valence-corrected chi connectivity index (χ3v) is 7.73. The van der Waals surface area contributed by atoms with Crippen LogP contribution in [-0.2, 0) is 6.42 Å². The Kier molecular flexibility index (Phi) is 4.30. The summed E-state index contributed by atoms with van der Waals surface area (Å²) in [5, 5.41) is 0. The van der Waals surface area contributed by atoms with Crippen molar-refractivity contribution in [3.63, 3.8) is 0 Å². The van der Waals surface area contributed by atoms with Gasteiger partial charge in [0.05, 0.1) is 7.11 Å². The van der Waals surface area contributed by atoms with Crippen LogP contribution in [0.1, 0.15) is 75.0 Å². The summed E-state index contributed by atoms with van der Waals surface area (Å²) in [5.41, 5.74) is 6.47. The predicted octanol–water partition coefficient (Wildman–Crippen LogP) is 6.53. The molecule has 2 saturated carbocycles. The minimum absolute atomic E-state index is 0.455. The highest BCUT2D eigenvalue weighted by molar-refractivity contribution is 5.59. The zero-order chi connectivity index (χ0) is 17.6. The van der Waals surface area contributed by atoms with Crippen molar-refractivity contribution in [3.05, 3.63) is 47.1 Å². The number of hydrogen-bond donors (Lipinski definition) is 0. The maximum Gasteiger partial charge on any atom is 0.126 e. The molecule has 3 aliphatic carbocycles. The van der Waals surface area contributed by atoms with Gasteiger partial charge in [-0.3, -0.25) is 0 Å². The molecule has 0 aliphatic heterocycles. The Bertz CT molecular complexity index is 713. The molecule has 0 aromatic heterocycles. The topological polar surface area (TPSA) is 9.23 Å². The SMILES string of the molecule is C=Cc1cc2c(cc1OC)C1CCC3(C)/C(=C\C)CCCC3C1CC2. The molecule has 0 N–H and O–H groups in total. The zero-order valence-corrected chi connectivity index (χ0v) is 16.1. The van der Waals surface area contributed by atoms with Crippen molar-refractivity contribution >= 4 is 6.08 Å². The molecular formula is C24H32O. The van der Waals surface area contributed by atoms with Gasteiger partial charge in [0.2, 0.25) is 0 Å². The molecule has 2 fully saturated rings. The van der Waals surface area contributed by atoms with E-state index in [4.69, 9.17) is 4.74 Å². The first-order valence-electron chi connectivity index (χ1n) is 10.1. The summed E-state index contributed by atoms with van der Waals surface area (Å²) in [6, 6.07) is 4.68. The molecule has 0 amide bonds. The monoisotopic (exact) mass is 336 g/mol. The second-order valence-electron chi connectivity index (χ2n) is 8.57. The maximum absolute atomic E-state index is 5.66. The zero-order valence-electron chi connectivity index (χ0n) is 16.1. The van der Waals surface area contributed by atoms with E-state index < -0.39 is 0 Å². The van der Waals surface area contributed by atoms with E-state index in [1.54, 1.807) is 23.8 Å². The van der Waals surface area contributed by atoms with E-state index >= 15 is 0 Å². The summed E-state index contributed by atoms with van der Waals surface area (Å²) in [5.74, 6) is 3.44. The lowest BCUT2D eigenvalue weighted by Crippen LogP contribution is -2.45. The van der Waals surface area contributed by atoms with Crippen molar-refractivity contribution in [2.45, 2.75) is 64.7 Å². The molecule has 4 rings (SSSR count). The summed E-state index contributed by atoms with van der Waals surface area (Å²) in [6.45, 7) is 8.79. The van der Waals surface area contributed by atoms with Crippen molar-refractivity contribution < 1.29 is 4.74 Å². The van der Waals surface area contributed by atoms with Crippen LogP contribution < -0.4 is 4.74 Å². The molecule has 0 saturated heterocycles. The van der Waals surface area contributed by atoms with Crippen molar-refractivity contribution in [1.29, 1.82) is 0 Å². The Morgan fingerprint density at radius 1 is 1.20 bits per heavy atom. The molecule has 3 aliphatic rings. The van der Waals surface area contributed by atoms with Gasteiger partial charge >= 0.3 is 0 Å². The van der Waals surface area contributed by atoms with Crippen LogP contribution in [0.3, 0.4) is 0 Å². The van der Waals surface area contributed by atoms with Crippen molar-refractivity contribution in [3.8, 4) is 5.75 Å². The normalized spacial score (nSPS) is 35.5. The smallest absolute Gasteiger partial charge is 0.126 e. The number of rotatable bonds is 2. The second-order valence-corrected chi connectivity index (χ2v) is 8.57. The third-order valence-electron chi connectivity index (χ3n) is 7.73. The fourth-order valence-corrected chi connectivity index (χ4v) is 6.48. The van der Waals surface area contributed by atoms with Gasteiger partial charge < -0.3 is 4.74 Å². The van der Waals surface area contributed by atoms with E-state index in [1.807, 2.05) is 6.08 Å². The molecule has 1 aromatic carbocycles. The van der Waals surface area contributed by atoms with Crippen LogP contribution in [0.5, 0.6) is 5.75 Å². The molecule has 25 heavy (non-hydrogen) atoms. The Morgan fingerprint density at radius 3 is 2.76 bits per heavy atom. The Morgan fingerprint density at radius 2 is 2.04 bits per heavy atom. The molecule has 1 heteroatoms. The summed E-state index contributed by atoms with van der Waals surface area (Å²) in [7, 11) is 1.78. The highest BCUT2D eigenvalue weighted by atomic mass is 16.5. The van der Waals surface area contributed by atoms with Crippen molar-refractivity contribution in [2.75, 3.05) is 7.11 Å². The molecular weight excluding hydrogens is 304 g/mol. The number of benzene rings is 1. The molecule has 4 unspecified atom stereocenters. The van der Waals surface area contributed by atoms with Gasteiger partial charge in [0.15, 0.2) is 0 Å². The van der Waals surface area contributed by atoms with Crippen molar-refractivity contribution in [2.24, 2.45) is 17.3 Å². The van der Waals surface area contributed by atoms with E-state index in [9.17, 15) is 0 Å².